The molecule has 3 aliphatic heterocycles. The number of carbonyl (C=O) groups excluding carboxylic acids is 3. The summed E-state index contributed by atoms with van der Waals surface area (Å²) in [5.41, 5.74) is -6.90. The SMILES string of the molecule is BC1(O)OC(O)(O)C(B)(O)N(Cc2ccc(F)c(CNc3cccc4c3CN(C3(O)CCC(=O)NC3=O)C4=O)c2)C1(O)O. The first kappa shape index (κ1) is 31.0. The number of nitrogens with zero attached hydrogens (tertiary/aromatic N) is 2. The van der Waals surface area contributed by atoms with Crippen LogP contribution in [0.4, 0.5) is 10.1 Å². The highest BCUT2D eigenvalue weighted by Gasteiger charge is 2.69. The largest absolute Gasteiger partial charge is 0.381 e. The summed E-state index contributed by atoms with van der Waals surface area (Å²) in [5.74, 6) is -9.67. The number of imide groups is 1. The van der Waals surface area contributed by atoms with Crippen molar-refractivity contribution in [2.45, 2.75) is 61.4 Å². The third-order valence-electron chi connectivity index (χ3n) is 8.13. The van der Waals surface area contributed by atoms with Gasteiger partial charge in [0.25, 0.3) is 17.7 Å². The minimum absolute atomic E-state index is 0.0421. The summed E-state index contributed by atoms with van der Waals surface area (Å²) in [4.78, 5) is 38.5. The number of morpholine rings is 1. The van der Waals surface area contributed by atoms with Crippen molar-refractivity contribution >= 4 is 39.1 Å². The van der Waals surface area contributed by atoms with Crippen molar-refractivity contribution < 1.29 is 59.3 Å². The van der Waals surface area contributed by atoms with Gasteiger partial charge < -0.3 is 41.1 Å². The number of amides is 3. The van der Waals surface area contributed by atoms with Crippen LogP contribution in [0.3, 0.4) is 0 Å². The lowest BCUT2D eigenvalue weighted by Crippen LogP contribution is -2.84. The summed E-state index contributed by atoms with van der Waals surface area (Å²) in [6.07, 6.45) is -0.438. The summed E-state index contributed by atoms with van der Waals surface area (Å²) in [5, 5.41) is 78.6. The maximum Gasteiger partial charge on any atom is 0.315 e. The number of benzene rings is 2. The van der Waals surface area contributed by atoms with Crippen LogP contribution >= 0.6 is 0 Å². The van der Waals surface area contributed by atoms with E-state index in [2.05, 4.69) is 10.1 Å². The Hall–Kier alpha value is -3.45. The first-order chi connectivity index (χ1) is 19.8. The van der Waals surface area contributed by atoms with Crippen molar-refractivity contribution in [3.63, 3.8) is 0 Å². The van der Waals surface area contributed by atoms with Crippen molar-refractivity contribution in [1.82, 2.24) is 15.1 Å². The average Bonchev–Trinajstić information content (AvgIpc) is 3.25. The van der Waals surface area contributed by atoms with Crippen LogP contribution in [0.15, 0.2) is 36.4 Å². The summed E-state index contributed by atoms with van der Waals surface area (Å²) >= 11 is 0. The van der Waals surface area contributed by atoms with E-state index in [0.717, 1.165) is 26.7 Å². The van der Waals surface area contributed by atoms with E-state index in [1.165, 1.54) is 18.2 Å². The Labute approximate surface area is 244 Å². The molecule has 0 spiro atoms. The van der Waals surface area contributed by atoms with Gasteiger partial charge in [0, 0.05) is 48.3 Å². The second-order valence-corrected chi connectivity index (χ2v) is 11.1. The Bertz CT molecular complexity index is 1500. The van der Waals surface area contributed by atoms with Gasteiger partial charge in [0.2, 0.25) is 11.6 Å². The number of ether oxygens (including phenoxy) is 1. The number of halogens is 1. The molecule has 0 radical (unpaired) electrons. The molecule has 43 heavy (non-hydrogen) atoms. The number of nitrogens with one attached hydrogen (secondary N) is 2. The van der Waals surface area contributed by atoms with Crippen LogP contribution in [-0.2, 0) is 34.0 Å². The fourth-order valence-corrected chi connectivity index (χ4v) is 5.42. The molecule has 0 bridgehead atoms. The normalized spacial score (nSPS) is 30.2. The molecule has 3 unspecified atom stereocenters. The second kappa shape index (κ2) is 10.0. The first-order valence-corrected chi connectivity index (χ1v) is 13.2. The molecule has 2 saturated heterocycles. The van der Waals surface area contributed by atoms with E-state index in [0.29, 0.717) is 16.2 Å². The van der Waals surface area contributed by atoms with Gasteiger partial charge in [0.15, 0.2) is 27.0 Å². The van der Waals surface area contributed by atoms with Crippen LogP contribution in [0.5, 0.6) is 0 Å². The fourth-order valence-electron chi connectivity index (χ4n) is 5.42. The highest BCUT2D eigenvalue weighted by molar-refractivity contribution is 6.16. The van der Waals surface area contributed by atoms with Crippen LogP contribution in [0, 0.1) is 5.82 Å². The van der Waals surface area contributed by atoms with Crippen molar-refractivity contribution in [2.75, 3.05) is 5.32 Å². The summed E-state index contributed by atoms with van der Waals surface area (Å²) in [6.45, 7) is -0.986. The summed E-state index contributed by atoms with van der Waals surface area (Å²) in [6, 6.07) is 8.24. The molecule has 0 aromatic heterocycles. The van der Waals surface area contributed by atoms with Gasteiger partial charge in [-0.25, -0.2) is 9.29 Å². The third-order valence-corrected chi connectivity index (χ3v) is 8.13. The minimum Gasteiger partial charge on any atom is -0.381 e. The van der Waals surface area contributed by atoms with Crippen molar-refractivity contribution in [3.8, 4) is 0 Å². The van der Waals surface area contributed by atoms with Crippen molar-refractivity contribution in [3.05, 3.63) is 64.5 Å². The van der Waals surface area contributed by atoms with E-state index in [1.54, 1.807) is 12.1 Å². The van der Waals surface area contributed by atoms with Crippen molar-refractivity contribution in [2.24, 2.45) is 0 Å². The standard InChI is InChI=1S/C25H29B2FN4O11/c26-22(37)25(41,42)43-23(27,38)24(39,40)32(22)10-12-4-5-16(28)13(8-12)9-29-17-3-1-2-14-15(17)11-31(19(14)34)21(36)7-6-18(33)30-20(21)35/h1-5,8,29,36-42H,6-7,9-11,26-27H2,(H,30,33,35). The van der Waals surface area contributed by atoms with Gasteiger partial charge in [-0.2, -0.15) is 0 Å². The highest BCUT2D eigenvalue weighted by atomic mass is 19.1. The Morgan fingerprint density at radius 1 is 1.02 bits per heavy atom. The van der Waals surface area contributed by atoms with Gasteiger partial charge in [-0.3, -0.25) is 29.3 Å². The first-order valence-electron chi connectivity index (χ1n) is 13.2. The van der Waals surface area contributed by atoms with E-state index in [1.807, 2.05) is 5.32 Å². The molecular weight excluding hydrogens is 573 g/mol. The van der Waals surface area contributed by atoms with E-state index in [-0.39, 0.29) is 42.6 Å². The molecule has 3 aliphatic rings. The topological polar surface area (TPSA) is 233 Å². The molecule has 3 amide bonds. The molecule has 0 aliphatic carbocycles. The van der Waals surface area contributed by atoms with Crippen LogP contribution in [0.25, 0.3) is 0 Å². The molecule has 9 N–H and O–H groups in total. The molecule has 228 valence electrons. The lowest BCUT2D eigenvalue weighted by molar-refractivity contribution is -0.560. The predicted molar refractivity (Wildman–Crippen MR) is 145 cm³/mol. The van der Waals surface area contributed by atoms with Gasteiger partial charge in [0.1, 0.15) is 5.82 Å². The van der Waals surface area contributed by atoms with Gasteiger partial charge in [-0.05, 0) is 29.8 Å². The van der Waals surface area contributed by atoms with Gasteiger partial charge in [0.05, 0.1) is 6.54 Å². The summed E-state index contributed by atoms with van der Waals surface area (Å²) < 4.78 is 19.4. The number of hydrogen-bond acceptors (Lipinski definition) is 13. The fraction of sp³-hybridized carbons (Fsp3) is 0.400. The molecule has 2 fully saturated rings. The summed E-state index contributed by atoms with van der Waals surface area (Å²) in [7, 11) is 1.54. The molecule has 2 aromatic carbocycles. The zero-order valence-corrected chi connectivity index (χ0v) is 23.0. The Balaban J connectivity index is 1.37. The Kier molecular flexibility index (Phi) is 7.24. The van der Waals surface area contributed by atoms with E-state index in [9.17, 15) is 54.5 Å². The minimum atomic E-state index is -3.45. The van der Waals surface area contributed by atoms with Gasteiger partial charge in [-0.15, -0.1) is 0 Å². The number of aliphatic hydroxyl groups is 7. The number of anilines is 1. The number of fused-ring (bicyclic) bond motifs is 1. The lowest BCUT2D eigenvalue weighted by Gasteiger charge is -2.58. The predicted octanol–water partition coefficient (Wildman–Crippen LogP) is -4.81. The number of hydrogen-bond donors (Lipinski definition) is 9. The molecule has 18 heteroatoms. The molecule has 15 nitrogen and oxygen atoms in total. The average molecular weight is 602 g/mol. The van der Waals surface area contributed by atoms with Crippen LogP contribution in [-0.4, -0.2) is 108 Å². The number of carbonyl (C=O) groups is 3. The zero-order valence-electron chi connectivity index (χ0n) is 23.0. The maximum absolute atomic E-state index is 14.9. The van der Waals surface area contributed by atoms with E-state index in [4.69, 9.17) is 0 Å². The highest BCUT2D eigenvalue weighted by Crippen LogP contribution is 2.42. The van der Waals surface area contributed by atoms with Crippen molar-refractivity contribution in [1.29, 1.82) is 0 Å². The molecule has 2 aromatic rings. The zero-order chi connectivity index (χ0) is 31.8. The molecular formula is C25H29B2FN4O11. The van der Waals surface area contributed by atoms with Crippen LogP contribution < -0.4 is 10.6 Å². The lowest BCUT2D eigenvalue weighted by atomic mass is 9.78. The smallest absolute Gasteiger partial charge is 0.315 e. The quantitative estimate of drug-likeness (QED) is 0.0860. The third kappa shape index (κ3) is 4.90. The monoisotopic (exact) mass is 602 g/mol. The Morgan fingerprint density at radius 2 is 1.72 bits per heavy atom. The van der Waals surface area contributed by atoms with Crippen LogP contribution in [0.1, 0.15) is 39.9 Å². The molecule has 5 rings (SSSR count). The maximum atomic E-state index is 14.9. The van der Waals surface area contributed by atoms with Gasteiger partial charge in [-0.1, -0.05) is 12.1 Å². The number of rotatable bonds is 6. The number of piperidine rings is 1. The van der Waals surface area contributed by atoms with E-state index < -0.39 is 59.0 Å². The van der Waals surface area contributed by atoms with Crippen LogP contribution in [0.2, 0.25) is 0 Å². The Morgan fingerprint density at radius 3 is 2.40 bits per heavy atom. The van der Waals surface area contributed by atoms with E-state index >= 15 is 0 Å². The van der Waals surface area contributed by atoms with Gasteiger partial charge >= 0.3 is 5.97 Å². The molecule has 0 saturated carbocycles. The molecule has 3 atom stereocenters. The second-order valence-electron chi connectivity index (χ2n) is 11.1. The molecule has 3 heterocycles.